The highest BCUT2D eigenvalue weighted by molar-refractivity contribution is 6.30. The summed E-state index contributed by atoms with van der Waals surface area (Å²) in [6.45, 7) is 1.06. The van der Waals surface area contributed by atoms with Crippen LogP contribution in [0.15, 0.2) is 12.3 Å². The molecule has 58 valence electrons. The number of likely N-dealkylation sites (N-methyl/N-ethyl adjacent to an activating group) is 1. The number of hydrogen-bond donors (Lipinski definition) is 0. The van der Waals surface area contributed by atoms with Crippen LogP contribution in [0.25, 0.3) is 0 Å². The molecule has 0 unspecified atom stereocenters. The lowest BCUT2D eigenvalue weighted by molar-refractivity contribution is 0.955. The Morgan fingerprint density at radius 2 is 2.45 bits per heavy atom. The van der Waals surface area contributed by atoms with E-state index in [1.807, 2.05) is 6.07 Å². The third-order valence-corrected chi connectivity index (χ3v) is 2.41. The highest BCUT2D eigenvalue weighted by Gasteiger charge is 2.17. The van der Waals surface area contributed by atoms with Crippen molar-refractivity contribution in [3.63, 3.8) is 0 Å². The summed E-state index contributed by atoms with van der Waals surface area (Å²) < 4.78 is 0. The van der Waals surface area contributed by atoms with E-state index in [1.54, 1.807) is 6.20 Å². The van der Waals surface area contributed by atoms with Gasteiger partial charge in [0.15, 0.2) is 0 Å². The average molecular weight is 169 g/mol. The molecular weight excluding hydrogens is 160 g/mol. The molecule has 0 saturated heterocycles. The fraction of sp³-hybridized carbons (Fsp3) is 0.375. The van der Waals surface area contributed by atoms with Gasteiger partial charge in [0, 0.05) is 31.0 Å². The Morgan fingerprint density at radius 3 is 3.18 bits per heavy atom. The van der Waals surface area contributed by atoms with E-state index in [-0.39, 0.29) is 0 Å². The first-order valence-corrected chi connectivity index (χ1v) is 4.01. The van der Waals surface area contributed by atoms with Crippen LogP contribution in [-0.4, -0.2) is 18.6 Å². The first-order valence-electron chi connectivity index (χ1n) is 3.63. The average Bonchev–Trinajstić information content (AvgIpc) is 2.35. The minimum atomic E-state index is 0.659. The van der Waals surface area contributed by atoms with Crippen LogP contribution in [0.3, 0.4) is 0 Å². The fourth-order valence-corrected chi connectivity index (χ4v) is 1.69. The van der Waals surface area contributed by atoms with Crippen molar-refractivity contribution in [1.82, 2.24) is 4.98 Å². The molecule has 11 heavy (non-hydrogen) atoms. The molecule has 0 fully saturated rings. The summed E-state index contributed by atoms with van der Waals surface area (Å²) in [6, 6.07) is 2.01. The van der Waals surface area contributed by atoms with Crippen LogP contribution >= 0.6 is 11.6 Å². The Labute approximate surface area is 70.8 Å². The lowest BCUT2D eigenvalue weighted by Gasteiger charge is -2.10. The fourth-order valence-electron chi connectivity index (χ4n) is 1.45. The van der Waals surface area contributed by atoms with E-state index in [2.05, 4.69) is 16.9 Å². The van der Waals surface area contributed by atoms with Gasteiger partial charge in [-0.15, -0.1) is 0 Å². The first-order chi connectivity index (χ1) is 5.29. The highest BCUT2D eigenvalue weighted by Crippen LogP contribution is 2.30. The van der Waals surface area contributed by atoms with Gasteiger partial charge in [0.25, 0.3) is 0 Å². The minimum absolute atomic E-state index is 0.659. The van der Waals surface area contributed by atoms with E-state index in [0.717, 1.165) is 13.0 Å². The maximum Gasteiger partial charge on any atom is 0.134 e. The zero-order chi connectivity index (χ0) is 7.84. The van der Waals surface area contributed by atoms with Gasteiger partial charge < -0.3 is 4.90 Å². The van der Waals surface area contributed by atoms with Gasteiger partial charge in [-0.1, -0.05) is 11.6 Å². The molecule has 1 aliphatic heterocycles. The molecule has 0 bridgehead atoms. The van der Waals surface area contributed by atoms with Gasteiger partial charge in [-0.3, -0.25) is 0 Å². The van der Waals surface area contributed by atoms with E-state index in [1.165, 1.54) is 11.3 Å². The number of aromatic nitrogens is 1. The lowest BCUT2D eigenvalue weighted by Crippen LogP contribution is -2.12. The summed E-state index contributed by atoms with van der Waals surface area (Å²) in [4.78, 5) is 6.22. The van der Waals surface area contributed by atoms with E-state index in [9.17, 15) is 0 Å². The lowest BCUT2D eigenvalue weighted by atomic mass is 10.2. The predicted octanol–water partition coefficient (Wildman–Crippen LogP) is 1.73. The molecule has 2 rings (SSSR count). The molecule has 0 saturated carbocycles. The van der Waals surface area contributed by atoms with E-state index >= 15 is 0 Å². The van der Waals surface area contributed by atoms with Crippen molar-refractivity contribution >= 4 is 17.3 Å². The van der Waals surface area contributed by atoms with Gasteiger partial charge in [0.05, 0.1) is 0 Å². The molecule has 3 heteroatoms. The molecule has 0 aliphatic carbocycles. The number of rotatable bonds is 0. The summed E-state index contributed by atoms with van der Waals surface area (Å²) >= 11 is 5.90. The van der Waals surface area contributed by atoms with E-state index in [0.29, 0.717) is 5.15 Å². The number of halogens is 1. The third kappa shape index (κ3) is 0.979. The predicted molar refractivity (Wildman–Crippen MR) is 46.2 cm³/mol. The Bertz CT molecular complexity index is 285. The summed E-state index contributed by atoms with van der Waals surface area (Å²) in [7, 11) is 2.07. The molecule has 2 nitrogen and oxygen atoms in total. The van der Waals surface area contributed by atoms with Crippen molar-refractivity contribution in [1.29, 1.82) is 0 Å². The van der Waals surface area contributed by atoms with Crippen LogP contribution in [0.4, 0.5) is 5.69 Å². The van der Waals surface area contributed by atoms with Crippen molar-refractivity contribution < 1.29 is 0 Å². The Morgan fingerprint density at radius 1 is 1.64 bits per heavy atom. The molecule has 2 heterocycles. The first kappa shape index (κ1) is 6.92. The van der Waals surface area contributed by atoms with Crippen molar-refractivity contribution in [2.45, 2.75) is 6.42 Å². The van der Waals surface area contributed by atoms with Crippen LogP contribution < -0.4 is 4.90 Å². The molecule has 0 N–H and O–H groups in total. The molecule has 0 aromatic carbocycles. The molecule has 0 spiro atoms. The smallest absolute Gasteiger partial charge is 0.134 e. The molecule has 0 atom stereocenters. The van der Waals surface area contributed by atoms with Crippen LogP contribution in [0, 0.1) is 0 Å². The second-order valence-corrected chi connectivity index (χ2v) is 3.13. The van der Waals surface area contributed by atoms with Gasteiger partial charge in [-0.25, -0.2) is 4.98 Å². The topological polar surface area (TPSA) is 16.1 Å². The quantitative estimate of drug-likeness (QED) is 0.549. The van der Waals surface area contributed by atoms with Crippen LogP contribution in [-0.2, 0) is 6.42 Å². The standard InChI is InChI=1S/C8H9ClN2/c1-11-5-3-6-7(11)2-4-10-8(6)9/h2,4H,3,5H2,1H3. The third-order valence-electron chi connectivity index (χ3n) is 2.09. The largest absolute Gasteiger partial charge is 0.374 e. The summed E-state index contributed by atoms with van der Waals surface area (Å²) in [5.74, 6) is 0. The normalized spacial score (nSPS) is 15.3. The van der Waals surface area contributed by atoms with Crippen molar-refractivity contribution in [2.24, 2.45) is 0 Å². The number of nitrogens with zero attached hydrogens (tertiary/aromatic N) is 2. The van der Waals surface area contributed by atoms with E-state index < -0.39 is 0 Å². The zero-order valence-electron chi connectivity index (χ0n) is 6.34. The second-order valence-electron chi connectivity index (χ2n) is 2.77. The zero-order valence-corrected chi connectivity index (χ0v) is 7.10. The molecule has 0 radical (unpaired) electrons. The van der Waals surface area contributed by atoms with Crippen LogP contribution in [0.5, 0.6) is 0 Å². The highest BCUT2D eigenvalue weighted by atomic mass is 35.5. The monoisotopic (exact) mass is 168 g/mol. The van der Waals surface area contributed by atoms with Crippen molar-refractivity contribution in [3.05, 3.63) is 23.0 Å². The number of pyridine rings is 1. The second kappa shape index (κ2) is 2.38. The maximum atomic E-state index is 5.90. The Kier molecular flexibility index (Phi) is 1.50. The molecule has 0 amide bonds. The summed E-state index contributed by atoms with van der Waals surface area (Å²) in [6.07, 6.45) is 2.78. The SMILES string of the molecule is CN1CCc2c1ccnc2Cl. The number of anilines is 1. The van der Waals surface area contributed by atoms with Crippen LogP contribution in [0.2, 0.25) is 5.15 Å². The van der Waals surface area contributed by atoms with Crippen molar-refractivity contribution in [3.8, 4) is 0 Å². The van der Waals surface area contributed by atoms with Crippen molar-refractivity contribution in [2.75, 3.05) is 18.5 Å². The van der Waals surface area contributed by atoms with Gasteiger partial charge in [-0.05, 0) is 12.5 Å². The van der Waals surface area contributed by atoms with Gasteiger partial charge in [0.1, 0.15) is 5.15 Å². The van der Waals surface area contributed by atoms with E-state index in [4.69, 9.17) is 11.6 Å². The molecule has 1 aliphatic rings. The van der Waals surface area contributed by atoms with Gasteiger partial charge >= 0.3 is 0 Å². The van der Waals surface area contributed by atoms with Gasteiger partial charge in [-0.2, -0.15) is 0 Å². The molecule has 1 aromatic heterocycles. The summed E-state index contributed by atoms with van der Waals surface area (Å²) in [5.41, 5.74) is 2.42. The number of hydrogen-bond acceptors (Lipinski definition) is 2. The Hall–Kier alpha value is -0.760. The molecule has 1 aromatic rings. The van der Waals surface area contributed by atoms with Crippen LogP contribution in [0.1, 0.15) is 5.56 Å². The summed E-state index contributed by atoms with van der Waals surface area (Å²) in [5, 5.41) is 0.659. The number of fused-ring (bicyclic) bond motifs is 1. The van der Waals surface area contributed by atoms with Gasteiger partial charge in [0.2, 0.25) is 0 Å². The molecular formula is C8H9ClN2. The Balaban J connectivity index is 2.57. The minimum Gasteiger partial charge on any atom is -0.374 e. The maximum absolute atomic E-state index is 5.90.